The third-order valence-corrected chi connectivity index (χ3v) is 17.8. The van der Waals surface area contributed by atoms with Gasteiger partial charge in [-0.25, -0.2) is 43.2 Å². The molecule has 0 atom stereocenters. The van der Waals surface area contributed by atoms with Crippen molar-refractivity contribution in [2.45, 2.75) is 113 Å². The van der Waals surface area contributed by atoms with E-state index in [1.165, 1.54) is 50.1 Å². The van der Waals surface area contributed by atoms with Crippen molar-refractivity contribution >= 4 is 42.0 Å². The molecule has 0 aliphatic heterocycles. The van der Waals surface area contributed by atoms with Crippen LogP contribution in [-0.2, 0) is 47.4 Å². The lowest BCUT2D eigenvalue weighted by atomic mass is 9.82. The van der Waals surface area contributed by atoms with E-state index in [2.05, 4.69) is 120 Å². The lowest BCUT2D eigenvalue weighted by Crippen LogP contribution is -2.15. The molecule has 0 spiro atoms. The molecular weight excluding hydrogens is 1120 g/mol. The van der Waals surface area contributed by atoms with Gasteiger partial charge in [0.25, 0.3) is 0 Å². The zero-order chi connectivity index (χ0) is 60.1. The number of benzene rings is 8. The number of hydrogen-bond donors (Lipinski definition) is 3. The number of hydrogen-bond acceptors (Lipinski definition) is 9. The minimum atomic E-state index is -4.54. The second-order valence-electron chi connectivity index (χ2n) is 18.4. The molecule has 0 unspecified atom stereocenters. The van der Waals surface area contributed by atoms with Crippen molar-refractivity contribution in [3.63, 3.8) is 0 Å². The summed E-state index contributed by atoms with van der Waals surface area (Å²) >= 11 is 0. The van der Waals surface area contributed by atoms with Gasteiger partial charge in [-0.2, -0.15) is 0 Å². The van der Waals surface area contributed by atoms with Crippen molar-refractivity contribution in [1.82, 2.24) is 0 Å². The van der Waals surface area contributed by atoms with Gasteiger partial charge in [0.05, 0.1) is 31.6 Å². The Morgan fingerprint density at radius 3 is 0.975 bits per heavy atom. The summed E-state index contributed by atoms with van der Waals surface area (Å²) in [5.74, 6) is -0.505. The first kappa shape index (κ1) is 67.5. The van der Waals surface area contributed by atoms with Gasteiger partial charge < -0.3 is 24.4 Å². The summed E-state index contributed by atoms with van der Waals surface area (Å²) < 4.78 is 126. The van der Waals surface area contributed by atoms with Crippen molar-refractivity contribution in [2.75, 3.05) is 13.9 Å². The highest BCUT2D eigenvalue weighted by atomic mass is 32.2. The van der Waals surface area contributed by atoms with E-state index in [0.29, 0.717) is 29.0 Å². The predicted octanol–water partition coefficient (Wildman–Crippen LogP) is 15.4. The van der Waals surface area contributed by atoms with Crippen LogP contribution >= 0.6 is 0 Å². The molecule has 0 bridgehead atoms. The molecule has 80 heavy (non-hydrogen) atoms. The Kier molecular flexibility index (Phi) is 26.4. The van der Waals surface area contributed by atoms with Crippen LogP contribution in [0.4, 0.5) is 26.3 Å². The van der Waals surface area contributed by atoms with Crippen molar-refractivity contribution in [3.05, 3.63) is 220 Å². The first-order valence-electron chi connectivity index (χ1n) is 24.3. The first-order valence-corrected chi connectivity index (χ1v) is 29.6. The number of aryl methyl sites for hydroxylation is 6. The Morgan fingerprint density at radius 1 is 0.425 bits per heavy atom. The zero-order valence-electron chi connectivity index (χ0n) is 45.5. The molecule has 428 valence electrons. The van der Waals surface area contributed by atoms with Gasteiger partial charge in [0.1, 0.15) is 49.1 Å². The molecule has 19 heteroatoms. The van der Waals surface area contributed by atoms with Crippen LogP contribution in [0.5, 0.6) is 17.2 Å². The standard InChI is InChI=1S/C23H24O2S.C22H22OS.2C7H7FO3S.2CH2F2/c1-4-23(2,3)17-5-11-20(12-6-17)26(21-13-7-18(24)8-14-21)22-15-9-19(25)10-16-22;1-15-5-9-19(10-6-15)24(20-11-7-16(2)8-12-20)21-13-17(3)22(23)18(4)14-21;2*1-5-2-6(8)4-7(3-5)12(9,10)11;2*2-1-3/h5-16H,4H2,1-3H3,(H-,24,25);5-14H,1-4H3;2*2-4H,1H3,(H,9,10,11);2*1H2. The maximum Gasteiger partial charge on any atom is 0.229 e. The minimum absolute atomic E-state index is 0.161. The van der Waals surface area contributed by atoms with Gasteiger partial charge in [0.2, 0.25) is 13.9 Å². The summed E-state index contributed by atoms with van der Waals surface area (Å²) in [5, 5.41) is 29.4. The lowest BCUT2D eigenvalue weighted by Gasteiger charge is -2.23. The molecule has 8 rings (SSSR count). The third kappa shape index (κ3) is 21.4. The normalized spacial score (nSPS) is 11.0. The fourth-order valence-electron chi connectivity index (χ4n) is 7.30. The van der Waals surface area contributed by atoms with E-state index >= 15 is 0 Å². The van der Waals surface area contributed by atoms with Crippen molar-refractivity contribution in [2.24, 2.45) is 0 Å². The van der Waals surface area contributed by atoms with Gasteiger partial charge in [-0.3, -0.25) is 0 Å². The number of aromatic hydroxyl groups is 3. The molecule has 0 aliphatic carbocycles. The highest BCUT2D eigenvalue weighted by Crippen LogP contribution is 2.37. The second-order valence-corrected chi connectivity index (χ2v) is 25.2. The van der Waals surface area contributed by atoms with Crippen LogP contribution in [-0.4, -0.2) is 55.1 Å². The molecule has 0 aromatic heterocycles. The molecule has 9 nitrogen and oxygen atoms in total. The average molecular weight is 1180 g/mol. The van der Waals surface area contributed by atoms with Crippen LogP contribution < -0.4 is 0 Å². The number of phenolic OH excluding ortho intramolecular Hbond substituents is 3. The van der Waals surface area contributed by atoms with E-state index in [-0.39, 0.29) is 38.7 Å². The van der Waals surface area contributed by atoms with Gasteiger partial charge in [-0.1, -0.05) is 68.3 Å². The molecule has 0 saturated carbocycles. The van der Waals surface area contributed by atoms with Crippen LogP contribution in [0.25, 0.3) is 0 Å². The SMILES string of the molecule is CCC(C)(C)c1ccc([S+](c2ccc(O)cc2)c2ccc(O)cc2)cc1.Cc1cc(F)cc(S(=O)(=O)[O-])c1.Cc1cc(F)cc(S(=O)(=O)[O-])c1.Cc1ccc([S+](c2ccc(C)cc2)c2cc(C)c(O)c(C)c2)cc1.FCF.FCF. The Balaban J connectivity index is 0.000000284. The van der Waals surface area contributed by atoms with Crippen LogP contribution in [0.1, 0.15) is 66.1 Å². The number of alkyl halides is 4. The van der Waals surface area contributed by atoms with Crippen LogP contribution in [0.3, 0.4) is 0 Å². The Morgan fingerprint density at radius 2 is 0.700 bits per heavy atom. The van der Waals surface area contributed by atoms with Crippen molar-refractivity contribution < 1.29 is 67.6 Å². The largest absolute Gasteiger partial charge is 0.744 e. The third-order valence-electron chi connectivity index (χ3n) is 11.7. The smallest absolute Gasteiger partial charge is 0.229 e. The highest BCUT2D eigenvalue weighted by molar-refractivity contribution is 7.97. The monoisotopic (exact) mass is 1180 g/mol. The molecule has 0 radical (unpaired) electrons. The minimum Gasteiger partial charge on any atom is -0.744 e. The summed E-state index contributed by atoms with van der Waals surface area (Å²) in [5.41, 5.74) is 6.71. The second kappa shape index (κ2) is 31.3. The Bertz CT molecular complexity index is 3200. The molecule has 8 aromatic rings. The van der Waals surface area contributed by atoms with Gasteiger partial charge in [-0.15, -0.1) is 0 Å². The first-order chi connectivity index (χ1) is 37.5. The van der Waals surface area contributed by atoms with E-state index in [9.17, 15) is 67.6 Å². The molecular formula is C61H64F6O9S4. The van der Waals surface area contributed by atoms with Gasteiger partial charge in [0.15, 0.2) is 29.4 Å². The summed E-state index contributed by atoms with van der Waals surface area (Å²) in [7, 11) is -9.54. The number of halogens is 6. The van der Waals surface area contributed by atoms with Crippen LogP contribution in [0.2, 0.25) is 0 Å². The van der Waals surface area contributed by atoms with E-state index in [1.54, 1.807) is 24.3 Å². The topological polar surface area (TPSA) is 175 Å². The molecule has 0 saturated heterocycles. The molecule has 3 N–H and O–H groups in total. The van der Waals surface area contributed by atoms with E-state index in [1.807, 2.05) is 38.1 Å². The quantitative estimate of drug-likeness (QED) is 0.0684. The molecule has 0 amide bonds. The van der Waals surface area contributed by atoms with Gasteiger partial charge in [0, 0.05) is 12.1 Å². The summed E-state index contributed by atoms with van der Waals surface area (Å²) in [6.45, 7) is 14.4. The number of rotatable bonds is 10. The van der Waals surface area contributed by atoms with Crippen LogP contribution in [0.15, 0.2) is 209 Å². The maximum atomic E-state index is 12.6. The molecule has 8 aromatic carbocycles. The average Bonchev–Trinajstić information content (AvgIpc) is 3.38. The Labute approximate surface area is 471 Å². The number of phenols is 3. The van der Waals surface area contributed by atoms with Crippen LogP contribution in [0, 0.1) is 53.2 Å². The van der Waals surface area contributed by atoms with E-state index in [4.69, 9.17) is 0 Å². The van der Waals surface area contributed by atoms with E-state index < -0.39 is 55.5 Å². The van der Waals surface area contributed by atoms with E-state index in [0.717, 1.165) is 51.6 Å². The lowest BCUT2D eigenvalue weighted by molar-refractivity contribution is 0.295. The fourth-order valence-corrected chi connectivity index (χ4v) is 12.7. The molecule has 0 fully saturated rings. The highest BCUT2D eigenvalue weighted by Gasteiger charge is 2.31. The summed E-state index contributed by atoms with van der Waals surface area (Å²) in [4.78, 5) is 6.28. The van der Waals surface area contributed by atoms with Gasteiger partial charge >= 0.3 is 0 Å². The predicted molar refractivity (Wildman–Crippen MR) is 303 cm³/mol. The molecule has 0 heterocycles. The van der Waals surface area contributed by atoms with Crippen molar-refractivity contribution in [3.8, 4) is 17.2 Å². The molecule has 0 aliphatic rings. The Hall–Kier alpha value is -6.74. The van der Waals surface area contributed by atoms with Gasteiger partial charge in [-0.05, 0) is 203 Å². The maximum absolute atomic E-state index is 12.6. The van der Waals surface area contributed by atoms with Crippen molar-refractivity contribution in [1.29, 1.82) is 0 Å². The summed E-state index contributed by atoms with van der Waals surface area (Å²) in [6, 6.07) is 51.4. The fraction of sp³-hybridized carbons (Fsp3) is 0.213. The summed E-state index contributed by atoms with van der Waals surface area (Å²) in [6.07, 6.45) is 1.09. The zero-order valence-corrected chi connectivity index (χ0v) is 48.7.